The van der Waals surface area contributed by atoms with Crippen molar-refractivity contribution in [3.8, 4) is 5.75 Å². The van der Waals surface area contributed by atoms with Crippen molar-refractivity contribution < 1.29 is 24.2 Å². The summed E-state index contributed by atoms with van der Waals surface area (Å²) in [5.74, 6) is 0.686. The number of carbonyl (C=O) groups is 2. The lowest BCUT2D eigenvalue weighted by Crippen LogP contribution is -2.54. The second kappa shape index (κ2) is 7.39. The molecule has 3 aliphatic carbocycles. The average molecular weight is 518 g/mol. The first-order valence-corrected chi connectivity index (χ1v) is 14.2. The maximum atomic E-state index is 14.8. The van der Waals surface area contributed by atoms with Gasteiger partial charge in [0, 0.05) is 29.6 Å². The van der Waals surface area contributed by atoms with Gasteiger partial charge in [-0.3, -0.25) is 9.59 Å². The molecule has 6 nitrogen and oxygen atoms in total. The fourth-order valence-corrected chi connectivity index (χ4v) is 10.3. The van der Waals surface area contributed by atoms with Gasteiger partial charge in [0.1, 0.15) is 11.9 Å². The number of rotatable bonds is 1. The molecule has 0 spiro atoms. The molecule has 12 atom stereocenters. The first-order chi connectivity index (χ1) is 17.9. The van der Waals surface area contributed by atoms with Crippen LogP contribution in [0.1, 0.15) is 53.0 Å². The van der Waals surface area contributed by atoms with Crippen molar-refractivity contribution in [3.05, 3.63) is 54.1 Å². The molecule has 0 aromatic heterocycles. The molecule has 4 fully saturated rings. The number of benzene rings is 1. The van der Waals surface area contributed by atoms with E-state index in [0.717, 1.165) is 24.2 Å². The third kappa shape index (κ3) is 2.86. The summed E-state index contributed by atoms with van der Waals surface area (Å²) in [4.78, 5) is 28.3. The summed E-state index contributed by atoms with van der Waals surface area (Å²) in [7, 11) is 0. The molecule has 2 saturated carbocycles. The zero-order chi connectivity index (χ0) is 27.0. The topological polar surface area (TPSA) is 88.2 Å². The summed E-state index contributed by atoms with van der Waals surface area (Å²) >= 11 is 0. The van der Waals surface area contributed by atoms with Gasteiger partial charge in [-0.1, -0.05) is 57.6 Å². The fraction of sp³-hybridized carbons (Fsp3) is 0.625. The molecule has 202 valence electrons. The lowest BCUT2D eigenvalue weighted by atomic mass is 9.53. The average Bonchev–Trinajstić information content (AvgIpc) is 3.50. The van der Waals surface area contributed by atoms with E-state index in [4.69, 9.17) is 9.47 Å². The molecule has 12 unspecified atom stereocenters. The Morgan fingerprint density at radius 1 is 1.13 bits per heavy atom. The normalized spacial score (nSPS) is 52.2. The van der Waals surface area contributed by atoms with Crippen molar-refractivity contribution in [3.63, 3.8) is 0 Å². The summed E-state index contributed by atoms with van der Waals surface area (Å²) in [6.07, 6.45) is 5.33. The van der Waals surface area contributed by atoms with E-state index >= 15 is 0 Å². The van der Waals surface area contributed by atoms with Crippen molar-refractivity contribution in [2.75, 3.05) is 0 Å². The van der Waals surface area contributed by atoms with Gasteiger partial charge >= 0.3 is 0 Å². The van der Waals surface area contributed by atoms with E-state index in [9.17, 15) is 14.7 Å². The highest BCUT2D eigenvalue weighted by atomic mass is 16.6. The minimum absolute atomic E-state index is 0.0504. The Labute approximate surface area is 224 Å². The molecule has 8 rings (SSSR count). The number of morpholine rings is 1. The standard InChI is InChI=1S/C32H39NO5/c1-7-29(5)14-18(4)22-21-24(29)26(34)32-27(38-32)31(36,33-28(32)35)15-19-8-10-20(11-9-19)37-25(21)23-17(3)12-16(2)13-30(22,23)6/h7-11,14,16-17,21-25,27,36H,1,12-13,15H2,2-6H3,(H,33,35). The summed E-state index contributed by atoms with van der Waals surface area (Å²) in [6, 6.07) is 7.81. The number of fused-ring (bicyclic) bond motifs is 4. The van der Waals surface area contributed by atoms with Crippen molar-refractivity contribution >= 4 is 11.7 Å². The molecule has 38 heavy (non-hydrogen) atoms. The molecule has 2 N–H and O–H groups in total. The third-order valence-corrected chi connectivity index (χ3v) is 11.3. The molecule has 1 aromatic rings. The molecule has 1 aromatic carbocycles. The van der Waals surface area contributed by atoms with Gasteiger partial charge in [-0.05, 0) is 60.6 Å². The molecule has 2 saturated heterocycles. The Balaban J connectivity index is 1.48. The smallest absolute Gasteiger partial charge is 0.265 e. The minimum Gasteiger partial charge on any atom is -0.490 e. The predicted molar refractivity (Wildman–Crippen MR) is 142 cm³/mol. The lowest BCUT2D eigenvalue weighted by Gasteiger charge is -2.50. The van der Waals surface area contributed by atoms with Crippen LogP contribution in [0.3, 0.4) is 0 Å². The van der Waals surface area contributed by atoms with Gasteiger partial charge < -0.3 is 19.9 Å². The van der Waals surface area contributed by atoms with Crippen LogP contribution in [0.4, 0.5) is 0 Å². The van der Waals surface area contributed by atoms with E-state index in [-0.39, 0.29) is 41.5 Å². The molecule has 1 amide bonds. The van der Waals surface area contributed by atoms with Crippen LogP contribution in [0.2, 0.25) is 0 Å². The molecule has 6 heteroatoms. The molecule has 7 aliphatic rings. The Hall–Kier alpha value is -2.44. The van der Waals surface area contributed by atoms with Gasteiger partial charge in [-0.15, -0.1) is 6.58 Å². The van der Waals surface area contributed by atoms with Crippen molar-refractivity contribution in [2.24, 2.45) is 46.3 Å². The number of epoxide rings is 1. The molecule has 4 heterocycles. The number of hydrogen-bond acceptors (Lipinski definition) is 5. The van der Waals surface area contributed by atoms with Crippen LogP contribution in [-0.4, -0.2) is 40.3 Å². The van der Waals surface area contributed by atoms with Crippen LogP contribution in [0.25, 0.3) is 0 Å². The number of hydrogen-bond donors (Lipinski definition) is 2. The predicted octanol–water partition coefficient (Wildman–Crippen LogP) is 4.22. The maximum Gasteiger partial charge on any atom is 0.265 e. The van der Waals surface area contributed by atoms with Crippen molar-refractivity contribution in [2.45, 2.75) is 77.4 Å². The molecule has 0 radical (unpaired) electrons. The van der Waals surface area contributed by atoms with E-state index in [1.807, 2.05) is 30.3 Å². The Morgan fingerprint density at radius 3 is 2.50 bits per heavy atom. The van der Waals surface area contributed by atoms with E-state index in [1.54, 1.807) is 0 Å². The highest BCUT2D eigenvalue weighted by Gasteiger charge is 2.82. The number of carbonyl (C=O) groups excluding carboxylic acids is 2. The zero-order valence-corrected chi connectivity index (χ0v) is 23.0. The summed E-state index contributed by atoms with van der Waals surface area (Å²) in [5, 5.41) is 14.3. The highest BCUT2D eigenvalue weighted by Crippen LogP contribution is 2.69. The van der Waals surface area contributed by atoms with Crippen LogP contribution < -0.4 is 10.1 Å². The summed E-state index contributed by atoms with van der Waals surface area (Å²) in [6.45, 7) is 15.5. The monoisotopic (exact) mass is 517 g/mol. The number of ether oxygens (including phenoxy) is 2. The van der Waals surface area contributed by atoms with Gasteiger partial charge in [0.25, 0.3) is 5.91 Å². The van der Waals surface area contributed by atoms with Crippen LogP contribution in [0.5, 0.6) is 5.75 Å². The Morgan fingerprint density at radius 2 is 1.84 bits per heavy atom. The van der Waals surface area contributed by atoms with Gasteiger partial charge in [-0.25, -0.2) is 0 Å². The second-order valence-corrected chi connectivity index (χ2v) is 13.9. The highest BCUT2D eigenvalue weighted by molar-refractivity contribution is 6.16. The van der Waals surface area contributed by atoms with E-state index in [1.165, 1.54) is 5.57 Å². The molecular weight excluding hydrogens is 478 g/mol. The van der Waals surface area contributed by atoms with Crippen molar-refractivity contribution in [1.29, 1.82) is 0 Å². The minimum atomic E-state index is -1.67. The zero-order valence-electron chi connectivity index (χ0n) is 23.0. The van der Waals surface area contributed by atoms with Gasteiger partial charge in [0.05, 0.1) is 0 Å². The molecule has 4 aliphatic heterocycles. The quantitative estimate of drug-likeness (QED) is 0.331. The maximum absolute atomic E-state index is 14.8. The third-order valence-electron chi connectivity index (χ3n) is 11.3. The van der Waals surface area contributed by atoms with E-state index in [2.05, 4.69) is 52.6 Å². The summed E-state index contributed by atoms with van der Waals surface area (Å²) < 4.78 is 13.0. The SMILES string of the molecule is C=CC1(C)C=C(C)C2C3C(Oc4ccc(cc4)CC4(O)NC(=O)C5(OC45)C(=O)C31)C1C(C)CC(C)CC21C. The second-order valence-electron chi connectivity index (χ2n) is 13.9. The number of ketones is 1. The Kier molecular flexibility index (Phi) is 4.78. The van der Waals surface area contributed by atoms with Crippen LogP contribution in [0.15, 0.2) is 48.6 Å². The van der Waals surface area contributed by atoms with Crippen LogP contribution >= 0.6 is 0 Å². The Bertz CT molecular complexity index is 1290. The summed E-state index contributed by atoms with van der Waals surface area (Å²) in [5.41, 5.74) is -1.91. The molecular formula is C32H39NO5. The van der Waals surface area contributed by atoms with Crippen LogP contribution in [-0.2, 0) is 20.7 Å². The van der Waals surface area contributed by atoms with Gasteiger partial charge in [0.15, 0.2) is 17.6 Å². The van der Waals surface area contributed by atoms with Gasteiger partial charge in [-0.2, -0.15) is 0 Å². The number of allylic oxidation sites excluding steroid dienone is 3. The molecule has 4 bridgehead atoms. The lowest BCUT2D eigenvalue weighted by molar-refractivity contribution is -0.144. The number of aliphatic hydroxyl groups is 1. The van der Waals surface area contributed by atoms with Gasteiger partial charge in [0.2, 0.25) is 5.60 Å². The largest absolute Gasteiger partial charge is 0.490 e. The fourth-order valence-electron chi connectivity index (χ4n) is 10.3. The number of nitrogens with one attached hydrogen (secondary N) is 1. The number of amides is 1. The van der Waals surface area contributed by atoms with E-state index < -0.39 is 34.7 Å². The first kappa shape index (κ1) is 24.6. The number of Topliss-reactive ketones (excluding diaryl/α,β-unsaturated/α-hetero) is 1. The first-order valence-electron chi connectivity index (χ1n) is 14.2. The van der Waals surface area contributed by atoms with Crippen LogP contribution in [0, 0.1) is 46.3 Å². The van der Waals surface area contributed by atoms with E-state index in [0.29, 0.717) is 11.8 Å². The van der Waals surface area contributed by atoms with Crippen molar-refractivity contribution in [1.82, 2.24) is 5.32 Å².